The molecule has 6 nitrogen and oxygen atoms in total. The van der Waals surface area contributed by atoms with E-state index in [9.17, 15) is 9.59 Å². The van der Waals surface area contributed by atoms with E-state index in [4.69, 9.17) is 9.47 Å². The van der Waals surface area contributed by atoms with Gasteiger partial charge in [-0.25, -0.2) is 4.79 Å². The van der Waals surface area contributed by atoms with Crippen LogP contribution in [0.25, 0.3) is 6.08 Å². The van der Waals surface area contributed by atoms with Gasteiger partial charge in [-0.05, 0) is 23.8 Å². The zero-order valence-corrected chi connectivity index (χ0v) is 11.9. The van der Waals surface area contributed by atoms with Crippen molar-refractivity contribution in [3.05, 3.63) is 29.5 Å². The van der Waals surface area contributed by atoms with Crippen LogP contribution in [0.2, 0.25) is 0 Å². The van der Waals surface area contributed by atoms with Crippen molar-refractivity contribution in [3.63, 3.8) is 0 Å². The standard InChI is InChI=1S/C14H17NO5/c1-9(16)15-11(14(17)20-4)7-10-5-6-12(18-2)13(8-10)19-3/h5-8H,1-4H3,(H,15,16). The van der Waals surface area contributed by atoms with Crippen LogP contribution >= 0.6 is 0 Å². The molecule has 0 aliphatic heterocycles. The highest BCUT2D eigenvalue weighted by Gasteiger charge is 2.12. The highest BCUT2D eigenvalue weighted by molar-refractivity contribution is 5.97. The van der Waals surface area contributed by atoms with Gasteiger partial charge in [-0.1, -0.05) is 6.07 Å². The number of nitrogens with one attached hydrogen (secondary N) is 1. The summed E-state index contributed by atoms with van der Waals surface area (Å²) >= 11 is 0. The summed E-state index contributed by atoms with van der Waals surface area (Å²) in [5.41, 5.74) is 0.712. The Bertz CT molecular complexity index is 536. The number of hydrogen-bond acceptors (Lipinski definition) is 5. The molecule has 6 heteroatoms. The van der Waals surface area contributed by atoms with Crippen LogP contribution in [-0.2, 0) is 14.3 Å². The third-order valence-corrected chi connectivity index (χ3v) is 2.43. The molecule has 0 atom stereocenters. The Hall–Kier alpha value is -2.50. The molecule has 0 aliphatic carbocycles. The minimum absolute atomic E-state index is 0.0484. The molecule has 1 N–H and O–H groups in total. The third-order valence-electron chi connectivity index (χ3n) is 2.43. The SMILES string of the molecule is COC(=O)C(=Cc1ccc(OC)c(OC)c1)NC(C)=O. The fraction of sp³-hybridized carbons (Fsp3) is 0.286. The van der Waals surface area contributed by atoms with Crippen molar-refractivity contribution in [1.29, 1.82) is 0 Å². The summed E-state index contributed by atoms with van der Waals surface area (Å²) in [5, 5.41) is 2.42. The number of rotatable bonds is 5. The van der Waals surface area contributed by atoms with E-state index in [-0.39, 0.29) is 11.6 Å². The zero-order chi connectivity index (χ0) is 15.1. The monoisotopic (exact) mass is 279 g/mol. The summed E-state index contributed by atoms with van der Waals surface area (Å²) in [4.78, 5) is 22.7. The Morgan fingerprint density at radius 1 is 1.10 bits per heavy atom. The summed E-state index contributed by atoms with van der Waals surface area (Å²) in [7, 11) is 4.29. The zero-order valence-electron chi connectivity index (χ0n) is 11.9. The van der Waals surface area contributed by atoms with Crippen LogP contribution in [0.4, 0.5) is 0 Å². The fourth-order valence-electron chi connectivity index (χ4n) is 1.55. The molecule has 0 fully saturated rings. The lowest BCUT2D eigenvalue weighted by Crippen LogP contribution is -2.25. The van der Waals surface area contributed by atoms with Crippen LogP contribution in [0.15, 0.2) is 23.9 Å². The molecule has 1 aromatic carbocycles. The molecule has 20 heavy (non-hydrogen) atoms. The predicted molar refractivity (Wildman–Crippen MR) is 73.4 cm³/mol. The van der Waals surface area contributed by atoms with Crippen LogP contribution in [0.5, 0.6) is 11.5 Å². The summed E-state index contributed by atoms with van der Waals surface area (Å²) in [5.74, 6) is 0.106. The van der Waals surface area contributed by atoms with E-state index >= 15 is 0 Å². The van der Waals surface area contributed by atoms with Crippen LogP contribution < -0.4 is 14.8 Å². The van der Waals surface area contributed by atoms with Crippen molar-refractivity contribution >= 4 is 18.0 Å². The molecular weight excluding hydrogens is 262 g/mol. The van der Waals surface area contributed by atoms with Crippen LogP contribution in [0.1, 0.15) is 12.5 Å². The van der Waals surface area contributed by atoms with Crippen molar-refractivity contribution in [1.82, 2.24) is 5.32 Å². The number of esters is 1. The lowest BCUT2D eigenvalue weighted by atomic mass is 10.1. The van der Waals surface area contributed by atoms with Crippen LogP contribution in [0.3, 0.4) is 0 Å². The first-order valence-corrected chi connectivity index (χ1v) is 5.81. The lowest BCUT2D eigenvalue weighted by Gasteiger charge is -2.09. The number of carbonyl (C=O) groups is 2. The van der Waals surface area contributed by atoms with Gasteiger partial charge in [-0.2, -0.15) is 0 Å². The Morgan fingerprint density at radius 2 is 1.75 bits per heavy atom. The predicted octanol–water partition coefficient (Wildman–Crippen LogP) is 1.35. The molecule has 0 aromatic heterocycles. The summed E-state index contributed by atoms with van der Waals surface area (Å²) in [6.45, 7) is 1.31. The average Bonchev–Trinajstić information content (AvgIpc) is 2.45. The number of carbonyl (C=O) groups excluding carboxylic acids is 2. The van der Waals surface area contributed by atoms with Gasteiger partial charge in [0.25, 0.3) is 0 Å². The Kier molecular flexibility index (Phi) is 5.58. The first kappa shape index (κ1) is 15.6. The summed E-state index contributed by atoms with van der Waals surface area (Å²) in [6, 6.07) is 5.11. The minimum atomic E-state index is -0.630. The van der Waals surface area contributed by atoms with Gasteiger partial charge in [-0.3, -0.25) is 4.79 Å². The average molecular weight is 279 g/mol. The maximum absolute atomic E-state index is 11.6. The van der Waals surface area contributed by atoms with Gasteiger partial charge in [0, 0.05) is 6.92 Å². The van der Waals surface area contributed by atoms with Gasteiger partial charge < -0.3 is 19.5 Å². The second-order valence-electron chi connectivity index (χ2n) is 3.85. The number of hydrogen-bond donors (Lipinski definition) is 1. The smallest absolute Gasteiger partial charge is 0.354 e. The molecule has 0 heterocycles. The van der Waals surface area contributed by atoms with Gasteiger partial charge in [0.2, 0.25) is 5.91 Å². The number of methoxy groups -OCH3 is 3. The highest BCUT2D eigenvalue weighted by Crippen LogP contribution is 2.28. The second-order valence-corrected chi connectivity index (χ2v) is 3.85. The van der Waals surface area contributed by atoms with E-state index in [1.54, 1.807) is 18.2 Å². The van der Waals surface area contributed by atoms with Crippen molar-refractivity contribution in [2.75, 3.05) is 21.3 Å². The summed E-state index contributed by atoms with van der Waals surface area (Å²) in [6.07, 6.45) is 1.50. The topological polar surface area (TPSA) is 73.9 Å². The van der Waals surface area contributed by atoms with Crippen molar-refractivity contribution in [2.45, 2.75) is 6.92 Å². The maximum atomic E-state index is 11.6. The molecule has 0 bridgehead atoms. The van der Waals surface area contributed by atoms with Gasteiger partial charge in [-0.15, -0.1) is 0 Å². The van der Waals surface area contributed by atoms with Gasteiger partial charge in [0.1, 0.15) is 5.70 Å². The molecule has 0 unspecified atom stereocenters. The van der Waals surface area contributed by atoms with Crippen molar-refractivity contribution < 1.29 is 23.8 Å². The van der Waals surface area contributed by atoms with E-state index in [1.165, 1.54) is 34.3 Å². The molecule has 0 saturated carbocycles. The molecule has 0 aliphatic rings. The summed E-state index contributed by atoms with van der Waals surface area (Å²) < 4.78 is 14.9. The van der Waals surface area contributed by atoms with E-state index < -0.39 is 5.97 Å². The number of ether oxygens (including phenoxy) is 3. The molecule has 0 saturated heterocycles. The number of amides is 1. The van der Waals surface area contributed by atoms with Gasteiger partial charge in [0.15, 0.2) is 11.5 Å². The Morgan fingerprint density at radius 3 is 2.25 bits per heavy atom. The highest BCUT2D eigenvalue weighted by atomic mass is 16.5. The van der Waals surface area contributed by atoms with E-state index in [0.29, 0.717) is 17.1 Å². The fourth-order valence-corrected chi connectivity index (χ4v) is 1.55. The second kappa shape index (κ2) is 7.18. The normalized spacial score (nSPS) is 10.7. The first-order valence-electron chi connectivity index (χ1n) is 5.81. The van der Waals surface area contributed by atoms with Crippen LogP contribution in [-0.4, -0.2) is 33.2 Å². The largest absolute Gasteiger partial charge is 0.493 e. The van der Waals surface area contributed by atoms with Crippen molar-refractivity contribution in [3.8, 4) is 11.5 Å². The first-order chi connectivity index (χ1) is 9.51. The van der Waals surface area contributed by atoms with E-state index in [1.807, 2.05) is 0 Å². The molecule has 1 rings (SSSR count). The minimum Gasteiger partial charge on any atom is -0.493 e. The van der Waals surface area contributed by atoms with Crippen molar-refractivity contribution in [2.24, 2.45) is 0 Å². The molecule has 1 amide bonds. The van der Waals surface area contributed by atoms with Gasteiger partial charge in [0.05, 0.1) is 21.3 Å². The molecule has 0 spiro atoms. The lowest BCUT2D eigenvalue weighted by molar-refractivity contribution is -0.137. The molecular formula is C14H17NO5. The van der Waals surface area contributed by atoms with Gasteiger partial charge >= 0.3 is 5.97 Å². The Balaban J connectivity index is 3.16. The Labute approximate surface area is 117 Å². The number of benzene rings is 1. The third kappa shape index (κ3) is 4.01. The maximum Gasteiger partial charge on any atom is 0.354 e. The van der Waals surface area contributed by atoms with E-state index in [0.717, 1.165) is 0 Å². The quantitative estimate of drug-likeness (QED) is 0.650. The molecule has 0 radical (unpaired) electrons. The molecule has 108 valence electrons. The van der Waals surface area contributed by atoms with E-state index in [2.05, 4.69) is 10.1 Å². The molecule has 1 aromatic rings. The van der Waals surface area contributed by atoms with Crippen LogP contribution in [0, 0.1) is 0 Å².